The van der Waals surface area contributed by atoms with Gasteiger partial charge >= 0.3 is 5.69 Å². The van der Waals surface area contributed by atoms with Crippen LogP contribution >= 0.6 is 11.6 Å². The minimum Gasteiger partial charge on any atom is -0.493 e. The highest BCUT2D eigenvalue weighted by Gasteiger charge is 2.15. The smallest absolute Gasteiger partial charge is 0.335 e. The molecule has 0 bridgehead atoms. The largest absolute Gasteiger partial charge is 0.493 e. The van der Waals surface area contributed by atoms with Crippen molar-refractivity contribution in [3.05, 3.63) is 55.2 Å². The van der Waals surface area contributed by atoms with E-state index < -0.39 is 17.1 Å². The maximum absolute atomic E-state index is 12.2. The summed E-state index contributed by atoms with van der Waals surface area (Å²) in [7, 11) is 0. The first-order valence-corrected chi connectivity index (χ1v) is 9.50. The number of morpholine rings is 1. The molecule has 0 spiro atoms. The summed E-state index contributed by atoms with van der Waals surface area (Å²) < 4.78 is 6.31. The number of hydrogen-bond donors (Lipinski definition) is 2. The second-order valence-electron chi connectivity index (χ2n) is 6.61. The van der Waals surface area contributed by atoms with Crippen LogP contribution in [0, 0.1) is 6.92 Å². The van der Waals surface area contributed by atoms with E-state index in [1.165, 1.54) is 6.21 Å². The van der Waals surface area contributed by atoms with Crippen LogP contribution in [-0.2, 0) is 4.74 Å². The first-order valence-electron chi connectivity index (χ1n) is 9.12. The number of benzene rings is 1. The van der Waals surface area contributed by atoms with Gasteiger partial charge in [-0.1, -0.05) is 17.7 Å². The van der Waals surface area contributed by atoms with E-state index >= 15 is 0 Å². The monoisotopic (exact) mass is 406 g/mol. The van der Waals surface area contributed by atoms with Crippen LogP contribution < -0.4 is 11.2 Å². The number of aromatic amines is 1. The van der Waals surface area contributed by atoms with Crippen LogP contribution in [-0.4, -0.2) is 65.2 Å². The van der Waals surface area contributed by atoms with Crippen molar-refractivity contribution < 1.29 is 9.84 Å². The molecule has 0 saturated carbocycles. The van der Waals surface area contributed by atoms with Crippen LogP contribution in [0.2, 0.25) is 5.02 Å². The number of nitrogens with one attached hydrogen (secondary N) is 1. The molecule has 0 radical (unpaired) electrons. The van der Waals surface area contributed by atoms with Gasteiger partial charge in [-0.2, -0.15) is 0 Å². The maximum atomic E-state index is 12.2. The van der Waals surface area contributed by atoms with Gasteiger partial charge in [-0.15, -0.1) is 0 Å². The van der Waals surface area contributed by atoms with Crippen LogP contribution in [0.1, 0.15) is 17.5 Å². The van der Waals surface area contributed by atoms with E-state index in [1.54, 1.807) is 18.2 Å². The number of rotatable bonds is 6. The Hall–Kier alpha value is -2.42. The van der Waals surface area contributed by atoms with Gasteiger partial charge in [-0.3, -0.25) is 19.7 Å². The summed E-state index contributed by atoms with van der Waals surface area (Å²) in [4.78, 5) is 33.1. The van der Waals surface area contributed by atoms with E-state index in [-0.39, 0.29) is 5.56 Å². The van der Waals surface area contributed by atoms with Crippen LogP contribution in [0.5, 0.6) is 5.88 Å². The summed E-state index contributed by atoms with van der Waals surface area (Å²) in [6.45, 7) is 6.55. The Bertz CT molecular complexity index is 977. The van der Waals surface area contributed by atoms with Crippen LogP contribution in [0.15, 0.2) is 32.8 Å². The number of H-pyrrole nitrogens is 1. The fraction of sp³-hybridized carbons (Fsp3) is 0.421. The molecule has 150 valence electrons. The molecule has 2 heterocycles. The maximum Gasteiger partial charge on any atom is 0.335 e. The highest BCUT2D eigenvalue weighted by atomic mass is 35.5. The van der Waals surface area contributed by atoms with Gasteiger partial charge in [0.25, 0.3) is 5.56 Å². The van der Waals surface area contributed by atoms with Crippen molar-refractivity contribution in [2.75, 3.05) is 39.4 Å². The Kier molecular flexibility index (Phi) is 6.66. The third-order valence-electron chi connectivity index (χ3n) is 4.62. The molecule has 0 atom stereocenters. The van der Waals surface area contributed by atoms with Crippen LogP contribution in [0.3, 0.4) is 0 Å². The number of aromatic hydroxyl groups is 1. The van der Waals surface area contributed by atoms with Gasteiger partial charge in [0.1, 0.15) is 5.56 Å². The van der Waals surface area contributed by atoms with Gasteiger partial charge in [-0.25, -0.2) is 9.36 Å². The molecule has 3 rings (SSSR count). The van der Waals surface area contributed by atoms with Gasteiger partial charge in [0, 0.05) is 37.4 Å². The zero-order chi connectivity index (χ0) is 20.1. The summed E-state index contributed by atoms with van der Waals surface area (Å²) in [6, 6.07) is 4.93. The fourth-order valence-electron chi connectivity index (χ4n) is 2.98. The van der Waals surface area contributed by atoms with Crippen molar-refractivity contribution in [2.24, 2.45) is 4.99 Å². The number of hydrogen-bond acceptors (Lipinski definition) is 6. The number of aryl methyl sites for hydroxylation is 1. The van der Waals surface area contributed by atoms with Gasteiger partial charge in [0.2, 0.25) is 5.88 Å². The summed E-state index contributed by atoms with van der Waals surface area (Å²) in [5.41, 5.74) is -0.302. The molecule has 2 N–H and O–H groups in total. The number of nitrogens with zero attached hydrogens (tertiary/aromatic N) is 3. The summed E-state index contributed by atoms with van der Waals surface area (Å²) >= 11 is 6.11. The second kappa shape index (κ2) is 9.18. The molecule has 0 amide bonds. The molecular weight excluding hydrogens is 384 g/mol. The van der Waals surface area contributed by atoms with Gasteiger partial charge in [-0.05, 0) is 31.0 Å². The highest BCUT2D eigenvalue weighted by molar-refractivity contribution is 6.31. The zero-order valence-corrected chi connectivity index (χ0v) is 16.4. The van der Waals surface area contributed by atoms with E-state index in [0.29, 0.717) is 17.3 Å². The zero-order valence-electron chi connectivity index (χ0n) is 15.7. The topological polar surface area (TPSA) is 99.9 Å². The quantitative estimate of drug-likeness (QED) is 0.557. The number of aliphatic imine (C=N–C) groups is 1. The standard InChI is InChI=1S/C19H23ClN4O4/c1-13-3-4-14(11-16(13)20)24-18(26)15(17(25)22-19(24)27)12-21-5-2-6-23-7-9-28-10-8-23/h3-4,11-12,26H,2,5-10H2,1H3,(H,22,25,27). The van der Waals surface area contributed by atoms with E-state index in [9.17, 15) is 14.7 Å². The Morgan fingerprint density at radius 2 is 2.07 bits per heavy atom. The van der Waals surface area contributed by atoms with Crippen molar-refractivity contribution in [3.8, 4) is 11.6 Å². The fourth-order valence-corrected chi connectivity index (χ4v) is 3.16. The predicted octanol–water partition coefficient (Wildman–Crippen LogP) is 1.33. The number of aromatic nitrogens is 2. The van der Waals surface area contributed by atoms with Gasteiger partial charge < -0.3 is 9.84 Å². The molecule has 8 nitrogen and oxygen atoms in total. The van der Waals surface area contributed by atoms with Crippen molar-refractivity contribution in [1.82, 2.24) is 14.5 Å². The molecule has 0 aliphatic carbocycles. The van der Waals surface area contributed by atoms with E-state index in [0.717, 1.165) is 49.4 Å². The third-order valence-corrected chi connectivity index (χ3v) is 5.03. The molecule has 1 saturated heterocycles. The molecule has 28 heavy (non-hydrogen) atoms. The third kappa shape index (κ3) is 4.70. The minimum absolute atomic E-state index is 0.0670. The Balaban J connectivity index is 1.76. The highest BCUT2D eigenvalue weighted by Crippen LogP contribution is 2.21. The lowest BCUT2D eigenvalue weighted by Gasteiger charge is -2.26. The van der Waals surface area contributed by atoms with Crippen LogP contribution in [0.25, 0.3) is 5.69 Å². The Morgan fingerprint density at radius 1 is 1.32 bits per heavy atom. The molecule has 1 aromatic heterocycles. The average Bonchev–Trinajstić information content (AvgIpc) is 2.67. The van der Waals surface area contributed by atoms with E-state index in [4.69, 9.17) is 16.3 Å². The molecule has 1 aromatic carbocycles. The SMILES string of the molecule is Cc1ccc(-n2c(O)c(C=NCCCN3CCOCC3)c(=O)[nH]c2=O)cc1Cl. The summed E-state index contributed by atoms with van der Waals surface area (Å²) in [6.07, 6.45) is 2.13. The molecule has 1 aliphatic rings. The second-order valence-corrected chi connectivity index (χ2v) is 7.02. The lowest BCUT2D eigenvalue weighted by atomic mass is 10.2. The van der Waals surface area contributed by atoms with Crippen molar-refractivity contribution in [2.45, 2.75) is 13.3 Å². The summed E-state index contributed by atoms with van der Waals surface area (Å²) in [5.74, 6) is -0.467. The molecular formula is C19H23ClN4O4. The normalized spacial score (nSPS) is 15.4. The van der Waals surface area contributed by atoms with Crippen molar-refractivity contribution >= 4 is 17.8 Å². The molecule has 9 heteroatoms. The molecule has 0 unspecified atom stereocenters. The molecule has 1 fully saturated rings. The predicted molar refractivity (Wildman–Crippen MR) is 108 cm³/mol. The number of halogens is 1. The van der Waals surface area contributed by atoms with E-state index in [2.05, 4.69) is 14.9 Å². The summed E-state index contributed by atoms with van der Waals surface area (Å²) in [5, 5.41) is 11.0. The van der Waals surface area contributed by atoms with E-state index in [1.807, 2.05) is 6.92 Å². The first kappa shape index (κ1) is 20.3. The van der Waals surface area contributed by atoms with Crippen LogP contribution in [0.4, 0.5) is 0 Å². The first-order chi connectivity index (χ1) is 13.5. The lowest BCUT2D eigenvalue weighted by molar-refractivity contribution is 0.0377. The van der Waals surface area contributed by atoms with Gasteiger partial charge in [0.05, 0.1) is 18.9 Å². The molecule has 1 aliphatic heterocycles. The Morgan fingerprint density at radius 3 is 2.79 bits per heavy atom. The number of ether oxygens (including phenoxy) is 1. The lowest BCUT2D eigenvalue weighted by Crippen LogP contribution is -2.37. The van der Waals surface area contributed by atoms with Crippen molar-refractivity contribution in [3.63, 3.8) is 0 Å². The minimum atomic E-state index is -0.744. The molecule has 2 aromatic rings. The average molecular weight is 407 g/mol. The van der Waals surface area contributed by atoms with Crippen molar-refractivity contribution in [1.29, 1.82) is 0 Å². The Labute approximate surface area is 167 Å². The van der Waals surface area contributed by atoms with Gasteiger partial charge in [0.15, 0.2) is 0 Å².